The number of rotatable bonds is 6. The molecule has 19 heavy (non-hydrogen) atoms. The highest BCUT2D eigenvalue weighted by molar-refractivity contribution is 7.99. The quantitative estimate of drug-likeness (QED) is 0.650. The third kappa shape index (κ3) is 4.28. The number of nitrogens with zero attached hydrogens (tertiary/aromatic N) is 2. The molecule has 0 aliphatic rings. The Morgan fingerprint density at radius 2 is 2.05 bits per heavy atom. The lowest BCUT2D eigenvalue weighted by atomic mass is 10.1. The van der Waals surface area contributed by atoms with Crippen LogP contribution in [0.3, 0.4) is 0 Å². The van der Waals surface area contributed by atoms with Crippen molar-refractivity contribution >= 4 is 11.8 Å². The summed E-state index contributed by atoms with van der Waals surface area (Å²) < 4.78 is 5.72. The number of hydrogen-bond donors (Lipinski definition) is 1. The van der Waals surface area contributed by atoms with Gasteiger partial charge in [-0.05, 0) is 50.5 Å². The second-order valence-electron chi connectivity index (χ2n) is 4.50. The number of hydrogen-bond acceptors (Lipinski definition) is 4. The molecule has 0 spiro atoms. The normalized spacial score (nSPS) is 10.7. The van der Waals surface area contributed by atoms with Gasteiger partial charge in [0.2, 0.25) is 5.16 Å². The Labute approximate surface area is 118 Å². The van der Waals surface area contributed by atoms with E-state index >= 15 is 0 Å². The van der Waals surface area contributed by atoms with Gasteiger partial charge in [-0.25, -0.2) is 4.98 Å². The summed E-state index contributed by atoms with van der Waals surface area (Å²) in [6, 6.07) is 6.20. The fourth-order valence-corrected chi connectivity index (χ4v) is 2.36. The highest BCUT2D eigenvalue weighted by Crippen LogP contribution is 2.17. The van der Waals surface area contributed by atoms with Crippen LogP contribution < -0.4 is 4.74 Å². The third-order valence-corrected chi connectivity index (χ3v) is 3.78. The van der Waals surface area contributed by atoms with Crippen LogP contribution in [0, 0.1) is 20.8 Å². The Morgan fingerprint density at radius 3 is 2.74 bits per heavy atom. The van der Waals surface area contributed by atoms with Gasteiger partial charge in [0.05, 0.1) is 6.61 Å². The van der Waals surface area contributed by atoms with Gasteiger partial charge in [-0.1, -0.05) is 17.8 Å². The molecular weight excluding hydrogens is 258 g/mol. The molecule has 1 heterocycles. The molecule has 4 nitrogen and oxygen atoms in total. The van der Waals surface area contributed by atoms with Crippen LogP contribution in [0.5, 0.6) is 5.75 Å². The zero-order valence-electron chi connectivity index (χ0n) is 11.6. The monoisotopic (exact) mass is 277 g/mol. The molecule has 5 heteroatoms. The Hall–Kier alpha value is -1.49. The fourth-order valence-electron chi connectivity index (χ4n) is 1.60. The molecule has 0 amide bonds. The first-order valence-electron chi connectivity index (χ1n) is 6.37. The fraction of sp³-hybridized carbons (Fsp3) is 0.429. The summed E-state index contributed by atoms with van der Waals surface area (Å²) in [5.41, 5.74) is 2.56. The molecule has 0 radical (unpaired) electrons. The second-order valence-corrected chi connectivity index (χ2v) is 5.56. The van der Waals surface area contributed by atoms with Crippen molar-refractivity contribution in [1.82, 2.24) is 15.2 Å². The lowest BCUT2D eigenvalue weighted by Gasteiger charge is -2.07. The number of nitrogens with one attached hydrogen (secondary N) is 1. The Balaban J connectivity index is 1.67. The molecule has 2 aromatic rings. The zero-order chi connectivity index (χ0) is 13.7. The first kappa shape index (κ1) is 13.9. The minimum Gasteiger partial charge on any atom is -0.494 e. The smallest absolute Gasteiger partial charge is 0.208 e. The minimum absolute atomic E-state index is 0.721. The van der Waals surface area contributed by atoms with Crippen LogP contribution in [-0.2, 0) is 0 Å². The minimum atomic E-state index is 0.721. The van der Waals surface area contributed by atoms with E-state index in [1.165, 1.54) is 11.1 Å². The van der Waals surface area contributed by atoms with Gasteiger partial charge in [-0.15, -0.1) is 5.10 Å². The van der Waals surface area contributed by atoms with E-state index in [1.807, 2.05) is 13.0 Å². The molecule has 1 N–H and O–H groups in total. The Bertz CT molecular complexity index is 539. The van der Waals surface area contributed by atoms with E-state index in [1.54, 1.807) is 11.8 Å². The Morgan fingerprint density at radius 1 is 1.21 bits per heavy atom. The topological polar surface area (TPSA) is 50.8 Å². The Kier molecular flexibility index (Phi) is 4.85. The number of H-pyrrole nitrogens is 1. The molecule has 0 atom stereocenters. The molecule has 0 bridgehead atoms. The molecule has 2 rings (SSSR count). The molecule has 0 fully saturated rings. The highest BCUT2D eigenvalue weighted by atomic mass is 32.2. The maximum absolute atomic E-state index is 5.72. The summed E-state index contributed by atoms with van der Waals surface area (Å²) in [5.74, 6) is 2.76. The summed E-state index contributed by atoms with van der Waals surface area (Å²) in [7, 11) is 0. The van der Waals surface area contributed by atoms with Crippen LogP contribution in [0.4, 0.5) is 0 Å². The second kappa shape index (κ2) is 6.61. The summed E-state index contributed by atoms with van der Waals surface area (Å²) in [6.07, 6.45) is 0.977. The van der Waals surface area contributed by atoms with E-state index in [9.17, 15) is 0 Å². The lowest BCUT2D eigenvalue weighted by Crippen LogP contribution is -1.99. The zero-order valence-corrected chi connectivity index (χ0v) is 12.4. The van der Waals surface area contributed by atoms with Crippen molar-refractivity contribution in [1.29, 1.82) is 0 Å². The summed E-state index contributed by atoms with van der Waals surface area (Å²) >= 11 is 1.65. The van der Waals surface area contributed by atoms with Gasteiger partial charge in [0.1, 0.15) is 11.6 Å². The van der Waals surface area contributed by atoms with Crippen molar-refractivity contribution < 1.29 is 4.74 Å². The number of aryl methyl sites for hydroxylation is 3. The van der Waals surface area contributed by atoms with Crippen LogP contribution in [0.2, 0.25) is 0 Å². The summed E-state index contributed by atoms with van der Waals surface area (Å²) in [6.45, 7) is 6.83. The van der Waals surface area contributed by atoms with Crippen LogP contribution in [0.15, 0.2) is 23.4 Å². The first-order chi connectivity index (χ1) is 9.15. The van der Waals surface area contributed by atoms with Gasteiger partial charge in [-0.3, -0.25) is 5.10 Å². The highest BCUT2D eigenvalue weighted by Gasteiger charge is 2.01. The molecule has 0 saturated heterocycles. The van der Waals surface area contributed by atoms with Crippen molar-refractivity contribution in [3.05, 3.63) is 35.2 Å². The van der Waals surface area contributed by atoms with Gasteiger partial charge < -0.3 is 4.74 Å². The molecule has 0 unspecified atom stereocenters. The van der Waals surface area contributed by atoms with Crippen molar-refractivity contribution in [2.24, 2.45) is 0 Å². The van der Waals surface area contributed by atoms with Crippen LogP contribution in [0.25, 0.3) is 0 Å². The van der Waals surface area contributed by atoms with E-state index in [-0.39, 0.29) is 0 Å². The van der Waals surface area contributed by atoms with Crippen LogP contribution in [0.1, 0.15) is 23.4 Å². The average Bonchev–Trinajstić information content (AvgIpc) is 2.79. The van der Waals surface area contributed by atoms with Crippen molar-refractivity contribution in [2.75, 3.05) is 12.4 Å². The molecule has 102 valence electrons. The molecule has 0 aliphatic heterocycles. The number of thioether (sulfide) groups is 1. The SMILES string of the molecule is Cc1nc(SCCCOc2ccc(C)c(C)c2)n[nH]1. The van der Waals surface area contributed by atoms with Gasteiger partial charge in [0, 0.05) is 5.75 Å². The maximum Gasteiger partial charge on any atom is 0.208 e. The molecule has 0 saturated carbocycles. The van der Waals surface area contributed by atoms with Gasteiger partial charge in [0.25, 0.3) is 0 Å². The molecule has 0 aliphatic carbocycles. The largest absolute Gasteiger partial charge is 0.494 e. The van der Waals surface area contributed by atoms with Crippen LogP contribution in [-0.4, -0.2) is 27.5 Å². The van der Waals surface area contributed by atoms with E-state index < -0.39 is 0 Å². The van der Waals surface area contributed by atoms with Crippen LogP contribution >= 0.6 is 11.8 Å². The summed E-state index contributed by atoms with van der Waals surface area (Å²) in [4.78, 5) is 4.24. The lowest BCUT2D eigenvalue weighted by molar-refractivity contribution is 0.318. The molecule has 1 aromatic heterocycles. The van der Waals surface area contributed by atoms with Gasteiger partial charge in [-0.2, -0.15) is 0 Å². The number of aromatic amines is 1. The van der Waals surface area contributed by atoms with E-state index in [4.69, 9.17) is 4.74 Å². The number of aromatic nitrogens is 3. The summed E-state index contributed by atoms with van der Waals surface area (Å²) in [5, 5.41) is 7.72. The molecular formula is C14H19N3OS. The standard InChI is InChI=1S/C14H19N3OS/c1-10-5-6-13(9-11(10)2)18-7-4-8-19-14-15-12(3)16-17-14/h5-6,9H,4,7-8H2,1-3H3,(H,15,16,17). The van der Waals surface area contributed by atoms with E-state index in [2.05, 4.69) is 41.2 Å². The number of benzene rings is 1. The van der Waals surface area contributed by atoms with E-state index in [0.717, 1.165) is 35.5 Å². The maximum atomic E-state index is 5.72. The van der Waals surface area contributed by atoms with Gasteiger partial charge >= 0.3 is 0 Å². The van der Waals surface area contributed by atoms with Crippen molar-refractivity contribution in [3.8, 4) is 5.75 Å². The predicted octanol–water partition coefficient (Wildman–Crippen LogP) is 3.29. The predicted molar refractivity (Wildman–Crippen MR) is 77.9 cm³/mol. The van der Waals surface area contributed by atoms with Crippen molar-refractivity contribution in [3.63, 3.8) is 0 Å². The van der Waals surface area contributed by atoms with E-state index in [0.29, 0.717) is 0 Å². The first-order valence-corrected chi connectivity index (χ1v) is 7.35. The van der Waals surface area contributed by atoms with Gasteiger partial charge in [0.15, 0.2) is 0 Å². The van der Waals surface area contributed by atoms with Crippen molar-refractivity contribution in [2.45, 2.75) is 32.3 Å². The third-order valence-electron chi connectivity index (χ3n) is 2.84. The molecule has 1 aromatic carbocycles. The average molecular weight is 277 g/mol. The number of ether oxygens (including phenoxy) is 1.